The van der Waals surface area contributed by atoms with E-state index in [1.807, 2.05) is 25.1 Å². The quantitative estimate of drug-likeness (QED) is 0.815. The van der Waals surface area contributed by atoms with Gasteiger partial charge >= 0.3 is 0 Å². The SMILES string of the molecule is Cc1cc(C(=O)NC2CCCCC2CCl)ccc1Br. The fourth-order valence-corrected chi connectivity index (χ4v) is 3.24. The predicted molar refractivity (Wildman–Crippen MR) is 82.8 cm³/mol. The first-order valence-electron chi connectivity index (χ1n) is 6.75. The molecule has 1 aromatic rings. The highest BCUT2D eigenvalue weighted by Crippen LogP contribution is 2.26. The Morgan fingerprint density at radius 1 is 1.42 bits per heavy atom. The Hall–Kier alpha value is -0.540. The van der Waals surface area contributed by atoms with Crippen molar-refractivity contribution in [3.8, 4) is 0 Å². The maximum atomic E-state index is 12.3. The molecule has 1 amide bonds. The second kappa shape index (κ2) is 6.76. The number of rotatable bonds is 3. The summed E-state index contributed by atoms with van der Waals surface area (Å²) in [4.78, 5) is 12.3. The van der Waals surface area contributed by atoms with Crippen LogP contribution in [0.25, 0.3) is 0 Å². The van der Waals surface area contributed by atoms with Gasteiger partial charge in [0.05, 0.1) is 0 Å². The number of amides is 1. The van der Waals surface area contributed by atoms with E-state index < -0.39 is 0 Å². The van der Waals surface area contributed by atoms with Crippen molar-refractivity contribution in [1.82, 2.24) is 5.32 Å². The predicted octanol–water partition coefficient (Wildman–Crippen LogP) is 4.28. The monoisotopic (exact) mass is 343 g/mol. The average molecular weight is 345 g/mol. The first-order valence-corrected chi connectivity index (χ1v) is 8.07. The van der Waals surface area contributed by atoms with Gasteiger partial charge in [-0.25, -0.2) is 0 Å². The maximum Gasteiger partial charge on any atom is 0.251 e. The molecule has 4 heteroatoms. The van der Waals surface area contributed by atoms with Crippen molar-refractivity contribution in [2.24, 2.45) is 5.92 Å². The van der Waals surface area contributed by atoms with Gasteiger partial charge in [0.15, 0.2) is 0 Å². The summed E-state index contributed by atoms with van der Waals surface area (Å²) >= 11 is 9.44. The van der Waals surface area contributed by atoms with Crippen LogP contribution in [0.15, 0.2) is 22.7 Å². The Bertz CT molecular complexity index is 463. The van der Waals surface area contributed by atoms with Gasteiger partial charge in [0, 0.05) is 22.0 Å². The van der Waals surface area contributed by atoms with Crippen LogP contribution in [0.4, 0.5) is 0 Å². The Balaban J connectivity index is 2.05. The largest absolute Gasteiger partial charge is 0.349 e. The number of carbonyl (C=O) groups excluding carboxylic acids is 1. The van der Waals surface area contributed by atoms with Crippen LogP contribution >= 0.6 is 27.5 Å². The Kier molecular flexibility index (Phi) is 5.28. The van der Waals surface area contributed by atoms with E-state index in [-0.39, 0.29) is 11.9 Å². The average Bonchev–Trinajstić information content (AvgIpc) is 2.42. The van der Waals surface area contributed by atoms with Gasteiger partial charge in [-0.2, -0.15) is 0 Å². The zero-order valence-electron chi connectivity index (χ0n) is 11.1. The third-order valence-electron chi connectivity index (χ3n) is 3.84. The molecule has 1 fully saturated rings. The van der Waals surface area contributed by atoms with E-state index in [1.165, 1.54) is 12.8 Å². The second-order valence-corrected chi connectivity index (χ2v) is 6.41. The molecule has 1 aliphatic carbocycles. The molecule has 0 heterocycles. The van der Waals surface area contributed by atoms with Crippen molar-refractivity contribution in [2.45, 2.75) is 38.6 Å². The Morgan fingerprint density at radius 2 is 2.16 bits per heavy atom. The lowest BCUT2D eigenvalue weighted by molar-refractivity contribution is 0.0911. The van der Waals surface area contributed by atoms with Crippen LogP contribution < -0.4 is 5.32 Å². The van der Waals surface area contributed by atoms with Crippen LogP contribution in [0.1, 0.15) is 41.6 Å². The first kappa shape index (κ1) is 14.9. The molecule has 2 nitrogen and oxygen atoms in total. The molecule has 1 saturated carbocycles. The second-order valence-electron chi connectivity index (χ2n) is 5.24. The standard InChI is InChI=1S/C15H19BrClNO/c1-10-8-11(6-7-13(10)16)15(19)18-14-5-3-2-4-12(14)9-17/h6-8,12,14H,2-5,9H2,1H3,(H,18,19). The summed E-state index contributed by atoms with van der Waals surface area (Å²) in [6.07, 6.45) is 4.56. The van der Waals surface area contributed by atoms with Crippen molar-refractivity contribution < 1.29 is 4.79 Å². The van der Waals surface area contributed by atoms with Crippen molar-refractivity contribution >= 4 is 33.4 Å². The fraction of sp³-hybridized carbons (Fsp3) is 0.533. The number of carbonyl (C=O) groups is 1. The minimum atomic E-state index is 0.0117. The van der Waals surface area contributed by atoms with E-state index in [2.05, 4.69) is 21.2 Å². The van der Waals surface area contributed by atoms with Crippen LogP contribution in [0.5, 0.6) is 0 Å². The molecule has 2 unspecified atom stereocenters. The van der Waals surface area contributed by atoms with Gasteiger partial charge in [0.1, 0.15) is 0 Å². The van der Waals surface area contributed by atoms with E-state index in [1.54, 1.807) is 0 Å². The molecule has 0 bridgehead atoms. The zero-order chi connectivity index (χ0) is 13.8. The molecule has 1 aromatic carbocycles. The van der Waals surface area contributed by atoms with E-state index in [0.717, 1.165) is 28.4 Å². The molecular weight excluding hydrogens is 326 g/mol. The Morgan fingerprint density at radius 3 is 2.84 bits per heavy atom. The summed E-state index contributed by atoms with van der Waals surface area (Å²) < 4.78 is 1.03. The molecule has 19 heavy (non-hydrogen) atoms. The molecule has 1 aliphatic rings. The van der Waals surface area contributed by atoms with Crippen molar-refractivity contribution in [1.29, 1.82) is 0 Å². The molecule has 2 atom stereocenters. The zero-order valence-corrected chi connectivity index (χ0v) is 13.4. The summed E-state index contributed by atoms with van der Waals surface area (Å²) in [5, 5.41) is 3.14. The van der Waals surface area contributed by atoms with Gasteiger partial charge in [0.2, 0.25) is 0 Å². The Labute approximate surface area is 128 Å². The van der Waals surface area contributed by atoms with E-state index >= 15 is 0 Å². The van der Waals surface area contributed by atoms with E-state index in [9.17, 15) is 4.79 Å². The third-order valence-corrected chi connectivity index (χ3v) is 5.13. The topological polar surface area (TPSA) is 29.1 Å². The number of alkyl halides is 1. The molecule has 0 aliphatic heterocycles. The molecule has 0 saturated heterocycles. The highest BCUT2D eigenvalue weighted by Gasteiger charge is 2.26. The van der Waals surface area contributed by atoms with Gasteiger partial charge in [0.25, 0.3) is 5.91 Å². The van der Waals surface area contributed by atoms with Crippen molar-refractivity contribution in [3.63, 3.8) is 0 Å². The molecule has 104 valence electrons. The number of benzene rings is 1. The maximum absolute atomic E-state index is 12.3. The summed E-state index contributed by atoms with van der Waals surface area (Å²) in [5.41, 5.74) is 1.80. The number of halogens is 2. The van der Waals surface area contributed by atoms with E-state index in [0.29, 0.717) is 11.8 Å². The van der Waals surface area contributed by atoms with Gasteiger partial charge in [-0.05, 0) is 49.4 Å². The normalized spacial score (nSPS) is 23.1. The molecule has 0 aromatic heterocycles. The van der Waals surface area contributed by atoms with Crippen LogP contribution in [-0.4, -0.2) is 17.8 Å². The number of hydrogen-bond donors (Lipinski definition) is 1. The number of nitrogens with one attached hydrogen (secondary N) is 1. The number of aryl methyl sites for hydroxylation is 1. The van der Waals surface area contributed by atoms with Crippen molar-refractivity contribution in [3.05, 3.63) is 33.8 Å². The smallest absolute Gasteiger partial charge is 0.251 e. The van der Waals surface area contributed by atoms with E-state index in [4.69, 9.17) is 11.6 Å². The van der Waals surface area contributed by atoms with Crippen molar-refractivity contribution in [2.75, 3.05) is 5.88 Å². The van der Waals surface area contributed by atoms with Gasteiger partial charge in [-0.3, -0.25) is 4.79 Å². The number of hydrogen-bond acceptors (Lipinski definition) is 1. The molecule has 0 radical (unpaired) electrons. The van der Waals surface area contributed by atoms with Gasteiger partial charge in [-0.15, -0.1) is 11.6 Å². The highest BCUT2D eigenvalue weighted by molar-refractivity contribution is 9.10. The summed E-state index contributed by atoms with van der Waals surface area (Å²) in [5.74, 6) is 1.05. The van der Waals surface area contributed by atoms with Crippen LogP contribution in [-0.2, 0) is 0 Å². The fourth-order valence-electron chi connectivity index (χ4n) is 2.62. The summed E-state index contributed by atoms with van der Waals surface area (Å²) in [6, 6.07) is 5.91. The minimum Gasteiger partial charge on any atom is -0.349 e. The summed E-state index contributed by atoms with van der Waals surface area (Å²) in [7, 11) is 0. The molecule has 0 spiro atoms. The van der Waals surface area contributed by atoms with Crippen LogP contribution in [0.2, 0.25) is 0 Å². The van der Waals surface area contributed by atoms with Gasteiger partial charge < -0.3 is 5.32 Å². The molecule has 2 rings (SSSR count). The molecule has 1 N–H and O–H groups in total. The lowest BCUT2D eigenvalue weighted by Crippen LogP contribution is -2.42. The van der Waals surface area contributed by atoms with Crippen LogP contribution in [0, 0.1) is 12.8 Å². The first-order chi connectivity index (χ1) is 9.11. The molecular formula is C15H19BrClNO. The third kappa shape index (κ3) is 3.73. The highest BCUT2D eigenvalue weighted by atomic mass is 79.9. The van der Waals surface area contributed by atoms with Crippen LogP contribution in [0.3, 0.4) is 0 Å². The lowest BCUT2D eigenvalue weighted by Gasteiger charge is -2.30. The van der Waals surface area contributed by atoms with Gasteiger partial charge in [-0.1, -0.05) is 28.8 Å². The summed E-state index contributed by atoms with van der Waals surface area (Å²) in [6.45, 7) is 1.99. The minimum absolute atomic E-state index is 0.0117. The lowest BCUT2D eigenvalue weighted by atomic mass is 9.85.